The number of carbonyl (C=O) groups excluding carboxylic acids is 1. The number of rotatable bonds is 30. The number of nitrogens with zero attached hydrogens (tertiary/aromatic N) is 2. The Labute approximate surface area is 261 Å². The monoisotopic (exact) mass is 654 g/mol. The molecule has 0 amide bonds. The second kappa shape index (κ2) is 28.7. The summed E-state index contributed by atoms with van der Waals surface area (Å²) in [6.45, 7) is 6.59. The minimum absolute atomic E-state index is 0.0427. The number of hydrogen-bond acceptors (Lipinski definition) is 14. The summed E-state index contributed by atoms with van der Waals surface area (Å²) in [4.78, 5) is 15.9. The van der Waals surface area contributed by atoms with Crippen LogP contribution in [0, 0.1) is 17.5 Å². The Hall–Kier alpha value is -2.74. The fourth-order valence-corrected chi connectivity index (χ4v) is 3.02. The fourth-order valence-electron chi connectivity index (χ4n) is 3.02. The predicted molar refractivity (Wildman–Crippen MR) is 157 cm³/mol. The molecule has 4 N–H and O–H groups in total. The molecule has 0 atom stereocenters. The Morgan fingerprint density at radius 2 is 1.11 bits per heavy atom. The highest BCUT2D eigenvalue weighted by Gasteiger charge is 2.16. The average Bonchev–Trinajstić information content (AvgIpc) is 3.02. The van der Waals surface area contributed by atoms with Crippen molar-refractivity contribution in [2.75, 3.05) is 119 Å². The number of hydrazone groups is 1. The minimum atomic E-state index is -1.30. The van der Waals surface area contributed by atoms with Gasteiger partial charge in [-0.2, -0.15) is 5.10 Å². The molecule has 0 fully saturated rings. The lowest BCUT2D eigenvalue weighted by molar-refractivity contribution is -0.136. The third-order valence-corrected chi connectivity index (χ3v) is 5.14. The van der Waals surface area contributed by atoms with E-state index in [1.54, 1.807) is 0 Å². The van der Waals surface area contributed by atoms with Crippen LogP contribution in [0.5, 0.6) is 5.75 Å². The van der Waals surface area contributed by atoms with Crippen LogP contribution < -0.4 is 16.3 Å². The molecular weight excluding hydrogens is 609 g/mol. The number of halogens is 3. The summed E-state index contributed by atoms with van der Waals surface area (Å²) in [5, 5.41) is 3.64. The number of ether oxygens (including phenoxy) is 9. The summed E-state index contributed by atoms with van der Waals surface area (Å²) in [7, 11) is 0. The lowest BCUT2D eigenvalue weighted by Gasteiger charge is -2.08. The van der Waals surface area contributed by atoms with Crippen molar-refractivity contribution in [3.8, 4) is 5.75 Å². The van der Waals surface area contributed by atoms with E-state index in [0.717, 1.165) is 0 Å². The molecule has 0 saturated heterocycles. The second-order valence-corrected chi connectivity index (χ2v) is 8.71. The Bertz CT molecular complexity index is 940. The zero-order valence-electron chi connectivity index (χ0n) is 25.4. The van der Waals surface area contributed by atoms with Crippen molar-refractivity contribution in [1.29, 1.82) is 0 Å². The zero-order valence-corrected chi connectivity index (χ0v) is 25.4. The molecule has 1 aromatic carbocycles. The standard InChI is InChI=1S/C28H45F3N4O10/c29-23-19-25(30)28(26(31)20-23)45-27(36)1-4-37-7-10-40-13-14-42-12-9-39-6-3-34-21-24(35-33)22-44-18-17-43-16-15-41-11-8-38-5-2-32/h19-21H,1-18,22,32-33H2/b34-21?,35-24+. The third-order valence-electron chi connectivity index (χ3n) is 5.14. The van der Waals surface area contributed by atoms with Crippen molar-refractivity contribution < 1.29 is 60.6 Å². The van der Waals surface area contributed by atoms with Crippen molar-refractivity contribution in [2.45, 2.75) is 6.42 Å². The molecule has 0 radical (unpaired) electrons. The average molecular weight is 655 g/mol. The number of carbonyl (C=O) groups is 1. The quantitative estimate of drug-likeness (QED) is 0.0299. The first-order valence-corrected chi connectivity index (χ1v) is 14.4. The largest absolute Gasteiger partial charge is 0.420 e. The zero-order chi connectivity index (χ0) is 32.8. The molecule has 0 unspecified atom stereocenters. The van der Waals surface area contributed by atoms with Crippen LogP contribution in [0.15, 0.2) is 22.2 Å². The highest BCUT2D eigenvalue weighted by molar-refractivity contribution is 6.31. The van der Waals surface area contributed by atoms with Crippen LogP contribution >= 0.6 is 0 Å². The molecular formula is C28H45F3N4O10. The van der Waals surface area contributed by atoms with Crippen LogP contribution in [0.3, 0.4) is 0 Å². The van der Waals surface area contributed by atoms with E-state index < -0.39 is 29.2 Å². The molecule has 0 heterocycles. The number of aliphatic imine (C=N–C) groups is 1. The van der Waals surface area contributed by atoms with Gasteiger partial charge in [0, 0.05) is 24.9 Å². The maximum Gasteiger partial charge on any atom is 0.313 e. The molecule has 0 bridgehead atoms. The van der Waals surface area contributed by atoms with Gasteiger partial charge in [-0.05, 0) is 0 Å². The summed E-state index contributed by atoms with van der Waals surface area (Å²) >= 11 is 0. The van der Waals surface area contributed by atoms with E-state index >= 15 is 0 Å². The van der Waals surface area contributed by atoms with Gasteiger partial charge in [0.1, 0.15) is 11.5 Å². The van der Waals surface area contributed by atoms with Gasteiger partial charge in [0.05, 0.1) is 119 Å². The van der Waals surface area contributed by atoms with Crippen LogP contribution in [0.25, 0.3) is 0 Å². The molecule has 1 aromatic rings. The van der Waals surface area contributed by atoms with E-state index in [-0.39, 0.29) is 32.8 Å². The van der Waals surface area contributed by atoms with E-state index in [4.69, 9.17) is 49.5 Å². The first-order chi connectivity index (χ1) is 22.0. The van der Waals surface area contributed by atoms with Crippen molar-refractivity contribution in [1.82, 2.24) is 0 Å². The number of esters is 1. The first-order valence-electron chi connectivity index (χ1n) is 14.4. The molecule has 0 aromatic heterocycles. The molecule has 45 heavy (non-hydrogen) atoms. The Morgan fingerprint density at radius 3 is 1.60 bits per heavy atom. The van der Waals surface area contributed by atoms with Crippen molar-refractivity contribution in [2.24, 2.45) is 21.7 Å². The van der Waals surface area contributed by atoms with Gasteiger partial charge >= 0.3 is 5.97 Å². The molecule has 0 aliphatic heterocycles. The summed E-state index contributed by atoms with van der Waals surface area (Å²) in [5.41, 5.74) is 5.81. The van der Waals surface area contributed by atoms with Crippen molar-refractivity contribution in [3.63, 3.8) is 0 Å². The van der Waals surface area contributed by atoms with Crippen LogP contribution in [0.1, 0.15) is 6.42 Å². The highest BCUT2D eigenvalue weighted by atomic mass is 19.1. The number of nitrogens with two attached hydrogens (primary N) is 2. The van der Waals surface area contributed by atoms with Crippen molar-refractivity contribution >= 4 is 17.9 Å². The highest BCUT2D eigenvalue weighted by Crippen LogP contribution is 2.23. The second-order valence-electron chi connectivity index (χ2n) is 8.71. The first kappa shape index (κ1) is 40.3. The van der Waals surface area contributed by atoms with E-state index in [1.165, 1.54) is 6.21 Å². The van der Waals surface area contributed by atoms with E-state index in [2.05, 4.69) is 14.8 Å². The lowest BCUT2D eigenvalue weighted by atomic mass is 10.3. The van der Waals surface area contributed by atoms with Crippen LogP contribution in [-0.4, -0.2) is 137 Å². The van der Waals surface area contributed by atoms with Gasteiger partial charge in [0.25, 0.3) is 0 Å². The molecule has 0 aliphatic carbocycles. The van der Waals surface area contributed by atoms with Gasteiger partial charge in [-0.1, -0.05) is 0 Å². The van der Waals surface area contributed by atoms with Gasteiger partial charge in [-0.25, -0.2) is 13.2 Å². The maximum atomic E-state index is 13.5. The summed E-state index contributed by atoms with van der Waals surface area (Å²) in [5.74, 6) is -0.226. The summed E-state index contributed by atoms with van der Waals surface area (Å²) in [6, 6.07) is 0.842. The van der Waals surface area contributed by atoms with Crippen LogP contribution in [-0.2, 0) is 42.7 Å². The molecule has 14 nitrogen and oxygen atoms in total. The lowest BCUT2D eigenvalue weighted by Crippen LogP contribution is -2.17. The van der Waals surface area contributed by atoms with E-state index in [9.17, 15) is 18.0 Å². The topological polar surface area (TPSA) is 177 Å². The van der Waals surface area contributed by atoms with Gasteiger partial charge in [-0.3, -0.25) is 9.79 Å². The fraction of sp³-hybridized carbons (Fsp3) is 0.679. The number of hydrogen-bond donors (Lipinski definition) is 2. The maximum absolute atomic E-state index is 13.5. The third kappa shape index (κ3) is 23.3. The normalized spacial score (nSPS) is 12.0. The minimum Gasteiger partial charge on any atom is -0.420 e. The van der Waals surface area contributed by atoms with Crippen molar-refractivity contribution in [3.05, 3.63) is 29.6 Å². The molecule has 0 saturated carbocycles. The van der Waals surface area contributed by atoms with Gasteiger partial charge in [0.2, 0.25) is 5.75 Å². The predicted octanol–water partition coefficient (Wildman–Crippen LogP) is 0.876. The molecule has 1 rings (SSSR count). The number of benzene rings is 1. The summed E-state index contributed by atoms with van der Waals surface area (Å²) in [6.07, 6.45) is 1.28. The van der Waals surface area contributed by atoms with Gasteiger partial charge in [-0.15, -0.1) is 0 Å². The van der Waals surface area contributed by atoms with Crippen LogP contribution in [0.2, 0.25) is 0 Å². The Morgan fingerprint density at radius 1 is 0.667 bits per heavy atom. The molecule has 17 heteroatoms. The van der Waals surface area contributed by atoms with Gasteiger partial charge in [0.15, 0.2) is 11.6 Å². The molecule has 0 spiro atoms. The van der Waals surface area contributed by atoms with Gasteiger partial charge < -0.3 is 54.2 Å². The Balaban J connectivity index is 1.86. The van der Waals surface area contributed by atoms with Crippen LogP contribution in [0.4, 0.5) is 13.2 Å². The Kier molecular flexibility index (Phi) is 25.7. The van der Waals surface area contributed by atoms with E-state index in [0.29, 0.717) is 110 Å². The SMILES string of the molecule is NCCOCCOCCOCCOC/C(C=NCCOCCOCCOCCOCCC(=O)Oc1c(F)cc(F)cc1F)=N/N. The molecule has 258 valence electrons. The summed E-state index contributed by atoms with van der Waals surface area (Å²) < 4.78 is 87.2. The molecule has 0 aliphatic rings. The van der Waals surface area contributed by atoms with E-state index in [1.807, 2.05) is 0 Å². The smallest absolute Gasteiger partial charge is 0.313 e.